The second-order valence-corrected chi connectivity index (χ2v) is 6.14. The summed E-state index contributed by atoms with van der Waals surface area (Å²) in [6.45, 7) is 2.50. The van der Waals surface area contributed by atoms with Gasteiger partial charge in [-0.25, -0.2) is 4.98 Å². The fourth-order valence-corrected chi connectivity index (χ4v) is 2.75. The Morgan fingerprint density at radius 1 is 1.11 bits per heavy atom. The average molecular weight is 355 g/mol. The Labute approximate surface area is 156 Å². The number of benzene rings is 2. The van der Waals surface area contributed by atoms with Gasteiger partial charge in [0.15, 0.2) is 5.58 Å². The van der Waals surface area contributed by atoms with E-state index in [2.05, 4.69) is 29.0 Å². The number of hydrogen-bond donors (Lipinski definition) is 0. The molecule has 0 fully saturated rings. The molecule has 0 bridgehead atoms. The summed E-state index contributed by atoms with van der Waals surface area (Å²) in [6, 6.07) is 18.9. The maximum absolute atomic E-state index is 9.04. The summed E-state index contributed by atoms with van der Waals surface area (Å²) in [4.78, 5) is 8.93. The monoisotopic (exact) mass is 355 g/mol. The first-order chi connectivity index (χ1) is 13.2. The number of pyridine rings is 1. The molecule has 132 valence electrons. The van der Waals surface area contributed by atoms with Crippen LogP contribution in [0.2, 0.25) is 0 Å². The van der Waals surface area contributed by atoms with Gasteiger partial charge in [0.1, 0.15) is 17.9 Å². The number of hydrogen-bond acceptors (Lipinski definition) is 5. The Balaban J connectivity index is 1.54. The van der Waals surface area contributed by atoms with Gasteiger partial charge in [-0.15, -0.1) is 0 Å². The lowest BCUT2D eigenvalue weighted by Gasteiger charge is -2.05. The molecule has 0 aliphatic rings. The van der Waals surface area contributed by atoms with E-state index in [4.69, 9.17) is 14.4 Å². The van der Waals surface area contributed by atoms with Crippen molar-refractivity contribution in [2.24, 2.45) is 0 Å². The van der Waals surface area contributed by atoms with Crippen molar-refractivity contribution in [2.75, 3.05) is 0 Å². The first-order valence-electron chi connectivity index (χ1n) is 8.73. The number of oxazole rings is 1. The molecule has 0 amide bonds. The predicted molar refractivity (Wildman–Crippen MR) is 102 cm³/mol. The zero-order valence-electron chi connectivity index (χ0n) is 14.8. The van der Waals surface area contributed by atoms with Gasteiger partial charge in [-0.05, 0) is 48.4 Å². The summed E-state index contributed by atoms with van der Waals surface area (Å²) >= 11 is 0. The van der Waals surface area contributed by atoms with Gasteiger partial charge < -0.3 is 9.15 Å². The van der Waals surface area contributed by atoms with E-state index >= 15 is 0 Å². The normalized spacial score (nSPS) is 10.7. The van der Waals surface area contributed by atoms with Crippen molar-refractivity contribution in [3.8, 4) is 23.3 Å². The van der Waals surface area contributed by atoms with Crippen molar-refractivity contribution in [3.05, 3.63) is 77.6 Å². The van der Waals surface area contributed by atoms with E-state index in [1.54, 1.807) is 12.1 Å². The molecule has 0 aliphatic heterocycles. The maximum Gasteiger partial charge on any atom is 0.227 e. The molecule has 0 aliphatic carbocycles. The summed E-state index contributed by atoms with van der Waals surface area (Å²) in [5.74, 6) is 1.19. The third-order valence-corrected chi connectivity index (χ3v) is 4.28. The molecular formula is C22H17N3O2. The van der Waals surface area contributed by atoms with Crippen LogP contribution >= 0.6 is 0 Å². The number of nitrogens with zero attached hydrogens (tertiary/aromatic N) is 3. The van der Waals surface area contributed by atoms with Crippen LogP contribution in [0.1, 0.15) is 23.7 Å². The van der Waals surface area contributed by atoms with Gasteiger partial charge in [-0.2, -0.15) is 5.26 Å². The molecule has 0 saturated heterocycles. The van der Waals surface area contributed by atoms with Crippen molar-refractivity contribution in [3.63, 3.8) is 0 Å². The van der Waals surface area contributed by atoms with Crippen LogP contribution in [0.4, 0.5) is 0 Å². The summed E-state index contributed by atoms with van der Waals surface area (Å²) in [7, 11) is 0. The minimum Gasteiger partial charge on any atom is -0.487 e. The van der Waals surface area contributed by atoms with Crippen LogP contribution in [0.3, 0.4) is 0 Å². The highest BCUT2D eigenvalue weighted by atomic mass is 16.5. The summed E-state index contributed by atoms with van der Waals surface area (Å²) in [5, 5.41) is 9.04. The van der Waals surface area contributed by atoms with Gasteiger partial charge in [0.25, 0.3) is 0 Å². The number of ether oxygens (including phenoxy) is 1. The third kappa shape index (κ3) is 3.65. The van der Waals surface area contributed by atoms with Crippen molar-refractivity contribution in [1.82, 2.24) is 9.97 Å². The molecule has 2 aromatic carbocycles. The molecular weight excluding hydrogens is 338 g/mol. The van der Waals surface area contributed by atoms with Gasteiger partial charge in [-0.3, -0.25) is 4.98 Å². The summed E-state index contributed by atoms with van der Waals surface area (Å²) in [6.07, 6.45) is 2.84. The zero-order valence-corrected chi connectivity index (χ0v) is 14.8. The molecule has 0 unspecified atom stereocenters. The van der Waals surface area contributed by atoms with Crippen molar-refractivity contribution >= 4 is 11.1 Å². The molecule has 4 rings (SSSR count). The standard InChI is InChI=1S/C22H17N3O2/c1-2-15-6-7-18(24-13-15)14-26-19-8-9-21-20(11-19)25-22(27-21)17-5-3-4-16(10-17)12-23/h3-11,13H,2,14H2,1H3. The van der Waals surface area contributed by atoms with E-state index in [1.165, 1.54) is 5.56 Å². The molecule has 2 heterocycles. The SMILES string of the molecule is CCc1ccc(COc2ccc3oc(-c4cccc(C#N)c4)nc3c2)nc1. The minimum atomic E-state index is 0.393. The molecule has 0 saturated carbocycles. The topological polar surface area (TPSA) is 71.9 Å². The largest absolute Gasteiger partial charge is 0.487 e. The first kappa shape index (κ1) is 16.8. The van der Waals surface area contributed by atoms with E-state index in [9.17, 15) is 0 Å². The van der Waals surface area contributed by atoms with Crippen LogP contribution < -0.4 is 4.74 Å². The van der Waals surface area contributed by atoms with E-state index in [-0.39, 0.29) is 0 Å². The van der Waals surface area contributed by atoms with Gasteiger partial charge in [0, 0.05) is 17.8 Å². The molecule has 5 nitrogen and oxygen atoms in total. The Morgan fingerprint density at radius 3 is 2.81 bits per heavy atom. The highest BCUT2D eigenvalue weighted by Crippen LogP contribution is 2.27. The van der Waals surface area contributed by atoms with Crippen LogP contribution in [0.15, 0.2) is 65.2 Å². The highest BCUT2D eigenvalue weighted by molar-refractivity contribution is 5.77. The molecule has 0 spiro atoms. The number of rotatable bonds is 5. The molecule has 2 aromatic heterocycles. The Bertz CT molecular complexity index is 1120. The van der Waals surface area contributed by atoms with E-state index in [0.717, 1.165) is 17.7 Å². The average Bonchev–Trinajstić information content (AvgIpc) is 3.16. The minimum absolute atomic E-state index is 0.393. The number of aryl methyl sites for hydroxylation is 1. The number of fused-ring (bicyclic) bond motifs is 1. The molecule has 4 aromatic rings. The smallest absolute Gasteiger partial charge is 0.227 e. The second-order valence-electron chi connectivity index (χ2n) is 6.14. The van der Waals surface area contributed by atoms with Gasteiger partial charge in [-0.1, -0.05) is 19.1 Å². The van der Waals surface area contributed by atoms with E-state index < -0.39 is 0 Å². The molecule has 0 N–H and O–H groups in total. The van der Waals surface area contributed by atoms with E-state index in [1.807, 2.05) is 42.6 Å². The quantitative estimate of drug-likeness (QED) is 0.509. The van der Waals surface area contributed by atoms with Crippen molar-refractivity contribution in [2.45, 2.75) is 20.0 Å². The molecule has 27 heavy (non-hydrogen) atoms. The zero-order chi connectivity index (χ0) is 18.6. The highest BCUT2D eigenvalue weighted by Gasteiger charge is 2.10. The van der Waals surface area contributed by atoms with Crippen LogP contribution in [0.5, 0.6) is 5.75 Å². The maximum atomic E-state index is 9.04. The lowest BCUT2D eigenvalue weighted by Crippen LogP contribution is -1.98. The second kappa shape index (κ2) is 7.30. The fourth-order valence-electron chi connectivity index (χ4n) is 2.75. The Hall–Kier alpha value is -3.65. The lowest BCUT2D eigenvalue weighted by atomic mass is 10.1. The lowest BCUT2D eigenvalue weighted by molar-refractivity contribution is 0.301. The molecule has 5 heteroatoms. The Morgan fingerprint density at radius 2 is 2.04 bits per heavy atom. The van der Waals surface area contributed by atoms with Crippen LogP contribution in [0, 0.1) is 11.3 Å². The number of nitriles is 1. The third-order valence-electron chi connectivity index (χ3n) is 4.28. The molecule has 0 atom stereocenters. The van der Waals surface area contributed by atoms with Crippen molar-refractivity contribution in [1.29, 1.82) is 5.26 Å². The first-order valence-corrected chi connectivity index (χ1v) is 8.73. The summed E-state index contributed by atoms with van der Waals surface area (Å²) in [5.41, 5.74) is 4.80. The molecule has 0 radical (unpaired) electrons. The summed E-state index contributed by atoms with van der Waals surface area (Å²) < 4.78 is 11.6. The predicted octanol–water partition coefficient (Wildman–Crippen LogP) is 4.90. The van der Waals surface area contributed by atoms with Gasteiger partial charge in [0.05, 0.1) is 17.3 Å². The van der Waals surface area contributed by atoms with Crippen LogP contribution in [-0.2, 0) is 13.0 Å². The van der Waals surface area contributed by atoms with Crippen LogP contribution in [0.25, 0.3) is 22.6 Å². The van der Waals surface area contributed by atoms with Gasteiger partial charge in [0.2, 0.25) is 5.89 Å². The fraction of sp³-hybridized carbons (Fsp3) is 0.136. The number of aromatic nitrogens is 2. The van der Waals surface area contributed by atoms with Gasteiger partial charge >= 0.3 is 0 Å². The van der Waals surface area contributed by atoms with E-state index in [0.29, 0.717) is 34.9 Å². The Kier molecular flexibility index (Phi) is 4.54. The van der Waals surface area contributed by atoms with Crippen LogP contribution in [-0.4, -0.2) is 9.97 Å². The van der Waals surface area contributed by atoms with Crippen molar-refractivity contribution < 1.29 is 9.15 Å².